The molecule has 0 bridgehead atoms. The van der Waals surface area contributed by atoms with Gasteiger partial charge in [-0.05, 0) is 24.1 Å². The van der Waals surface area contributed by atoms with Crippen molar-refractivity contribution in [1.29, 1.82) is 0 Å². The summed E-state index contributed by atoms with van der Waals surface area (Å²) in [6.45, 7) is 1.89. The van der Waals surface area contributed by atoms with Crippen molar-refractivity contribution in [3.8, 4) is 0 Å². The third-order valence-electron chi connectivity index (χ3n) is 2.44. The lowest BCUT2D eigenvalue weighted by Crippen LogP contribution is -2.29. The van der Waals surface area contributed by atoms with Gasteiger partial charge in [-0.25, -0.2) is 0 Å². The maximum absolute atomic E-state index is 11.6. The minimum absolute atomic E-state index is 0.149. The van der Waals surface area contributed by atoms with E-state index in [9.17, 15) is 9.59 Å². The average Bonchev–Trinajstić information content (AvgIpc) is 2.28. The quantitative estimate of drug-likeness (QED) is 0.834. The Bertz CT molecular complexity index is 434. The number of carboxylic acid groups (broad SMARTS) is 1. The van der Waals surface area contributed by atoms with E-state index < -0.39 is 12.0 Å². The highest BCUT2D eigenvalue weighted by Gasteiger charge is 2.17. The number of hydrogen-bond acceptors (Lipinski definition) is 2. The van der Waals surface area contributed by atoms with Crippen LogP contribution in [0.15, 0.2) is 24.3 Å². The van der Waals surface area contributed by atoms with E-state index in [-0.39, 0.29) is 12.3 Å². The van der Waals surface area contributed by atoms with Crippen molar-refractivity contribution in [2.75, 3.05) is 0 Å². The first-order valence-electron chi connectivity index (χ1n) is 5.79. The Kier molecular flexibility index (Phi) is 5.65. The lowest BCUT2D eigenvalue weighted by molar-refractivity contribution is -0.137. The second-order valence-corrected chi connectivity index (χ2v) is 4.46. The van der Waals surface area contributed by atoms with E-state index in [2.05, 4.69) is 5.32 Å². The Balaban J connectivity index is 2.84. The summed E-state index contributed by atoms with van der Waals surface area (Å²) >= 11 is 5.86. The monoisotopic (exact) mass is 269 g/mol. The molecule has 98 valence electrons. The van der Waals surface area contributed by atoms with E-state index in [0.29, 0.717) is 17.0 Å². The fourth-order valence-corrected chi connectivity index (χ4v) is 1.84. The first kappa shape index (κ1) is 14.5. The highest BCUT2D eigenvalue weighted by molar-refractivity contribution is 6.30. The van der Waals surface area contributed by atoms with Gasteiger partial charge in [0, 0.05) is 11.4 Å². The van der Waals surface area contributed by atoms with Gasteiger partial charge in [-0.1, -0.05) is 30.7 Å². The second kappa shape index (κ2) is 7.01. The minimum atomic E-state index is -0.961. The van der Waals surface area contributed by atoms with Gasteiger partial charge in [-0.3, -0.25) is 9.59 Å². The second-order valence-electron chi connectivity index (χ2n) is 4.02. The maximum Gasteiger partial charge on any atom is 0.305 e. The lowest BCUT2D eigenvalue weighted by atomic mass is 10.0. The average molecular weight is 270 g/mol. The summed E-state index contributed by atoms with van der Waals surface area (Å²) in [5.41, 5.74) is 0.703. The fraction of sp³-hybridized carbons (Fsp3) is 0.385. The predicted molar refractivity (Wildman–Crippen MR) is 69.5 cm³/mol. The Morgan fingerprint density at radius 2 is 2.17 bits per heavy atom. The molecular weight excluding hydrogens is 254 g/mol. The molecule has 18 heavy (non-hydrogen) atoms. The minimum Gasteiger partial charge on any atom is -0.481 e. The number of amides is 1. The van der Waals surface area contributed by atoms with Crippen LogP contribution in [0.2, 0.25) is 5.02 Å². The lowest BCUT2D eigenvalue weighted by Gasteiger charge is -2.17. The molecule has 4 nitrogen and oxygen atoms in total. The molecule has 5 heteroatoms. The summed E-state index contributed by atoms with van der Waals surface area (Å²) < 4.78 is 0. The van der Waals surface area contributed by atoms with Crippen LogP contribution in [-0.2, 0) is 9.59 Å². The molecule has 2 N–H and O–H groups in total. The summed E-state index contributed by atoms with van der Waals surface area (Å²) in [5.74, 6) is -1.11. The number of aliphatic carboxylic acids is 1. The molecule has 1 rings (SSSR count). The molecule has 0 aromatic heterocycles. The van der Waals surface area contributed by atoms with E-state index in [1.54, 1.807) is 24.3 Å². The molecule has 0 spiro atoms. The van der Waals surface area contributed by atoms with Crippen LogP contribution in [0, 0.1) is 0 Å². The number of carbonyl (C=O) groups excluding carboxylic acids is 1. The number of carbonyl (C=O) groups is 2. The van der Waals surface area contributed by atoms with Crippen molar-refractivity contribution in [2.45, 2.75) is 32.2 Å². The number of benzene rings is 1. The molecule has 1 aromatic carbocycles. The van der Waals surface area contributed by atoms with Crippen LogP contribution >= 0.6 is 11.6 Å². The van der Waals surface area contributed by atoms with E-state index in [1.807, 2.05) is 6.92 Å². The smallest absolute Gasteiger partial charge is 0.305 e. The molecular formula is C13H16ClNO3. The zero-order valence-corrected chi connectivity index (χ0v) is 10.9. The van der Waals surface area contributed by atoms with Crippen LogP contribution in [0.25, 0.3) is 0 Å². The third-order valence-corrected chi connectivity index (χ3v) is 2.68. The summed E-state index contributed by atoms with van der Waals surface area (Å²) in [7, 11) is 0. The zero-order chi connectivity index (χ0) is 13.5. The first-order chi connectivity index (χ1) is 8.52. The molecule has 1 aromatic rings. The zero-order valence-electron chi connectivity index (χ0n) is 10.1. The molecule has 1 amide bonds. The van der Waals surface area contributed by atoms with Crippen molar-refractivity contribution < 1.29 is 14.7 Å². The molecule has 0 aliphatic rings. The van der Waals surface area contributed by atoms with E-state index >= 15 is 0 Å². The van der Waals surface area contributed by atoms with Crippen molar-refractivity contribution in [2.24, 2.45) is 0 Å². The van der Waals surface area contributed by atoms with Gasteiger partial charge in [0.1, 0.15) is 0 Å². The van der Waals surface area contributed by atoms with Gasteiger partial charge in [0.15, 0.2) is 0 Å². The van der Waals surface area contributed by atoms with Gasteiger partial charge < -0.3 is 10.4 Å². The van der Waals surface area contributed by atoms with Gasteiger partial charge in [0.2, 0.25) is 5.91 Å². The number of carboxylic acids is 1. The summed E-state index contributed by atoms with van der Waals surface area (Å²) in [5, 5.41) is 12.1. The Morgan fingerprint density at radius 1 is 1.44 bits per heavy atom. The van der Waals surface area contributed by atoms with Gasteiger partial charge in [-0.15, -0.1) is 0 Å². The van der Waals surface area contributed by atoms with Crippen molar-refractivity contribution in [3.63, 3.8) is 0 Å². The van der Waals surface area contributed by atoms with Gasteiger partial charge >= 0.3 is 5.97 Å². The molecule has 0 aliphatic heterocycles. The summed E-state index contributed by atoms with van der Waals surface area (Å²) in [4.78, 5) is 22.4. The normalized spacial score (nSPS) is 11.9. The molecule has 0 radical (unpaired) electrons. The van der Waals surface area contributed by atoms with Gasteiger partial charge in [0.05, 0.1) is 12.5 Å². The molecule has 1 atom stereocenters. The van der Waals surface area contributed by atoms with E-state index in [0.717, 1.165) is 6.42 Å². The Labute approximate surface area is 111 Å². The largest absolute Gasteiger partial charge is 0.481 e. The fourth-order valence-electron chi connectivity index (χ4n) is 1.64. The number of halogens is 1. The number of hydrogen-bond donors (Lipinski definition) is 2. The van der Waals surface area contributed by atoms with Crippen LogP contribution in [0.4, 0.5) is 0 Å². The van der Waals surface area contributed by atoms with Crippen molar-refractivity contribution >= 4 is 23.5 Å². The molecule has 1 unspecified atom stereocenters. The van der Waals surface area contributed by atoms with Crippen LogP contribution in [0.1, 0.15) is 37.8 Å². The van der Waals surface area contributed by atoms with Gasteiger partial charge in [-0.2, -0.15) is 0 Å². The molecule has 0 fully saturated rings. The highest BCUT2D eigenvalue weighted by Crippen LogP contribution is 2.20. The molecule has 0 saturated heterocycles. The predicted octanol–water partition coefficient (Wildman–Crippen LogP) is 2.77. The standard InChI is InChI=1S/C13H16ClNO3/c1-2-4-12(16)15-11(8-13(17)18)9-5-3-6-10(14)7-9/h3,5-7,11H,2,4,8H2,1H3,(H,15,16)(H,17,18). The maximum atomic E-state index is 11.6. The number of rotatable bonds is 6. The van der Waals surface area contributed by atoms with Gasteiger partial charge in [0.25, 0.3) is 0 Å². The van der Waals surface area contributed by atoms with Crippen LogP contribution in [0.5, 0.6) is 0 Å². The van der Waals surface area contributed by atoms with Crippen molar-refractivity contribution in [3.05, 3.63) is 34.9 Å². The van der Waals surface area contributed by atoms with Crippen LogP contribution in [-0.4, -0.2) is 17.0 Å². The van der Waals surface area contributed by atoms with E-state index in [4.69, 9.17) is 16.7 Å². The Morgan fingerprint density at radius 3 is 2.72 bits per heavy atom. The third kappa shape index (κ3) is 4.75. The molecule has 0 saturated carbocycles. The topological polar surface area (TPSA) is 66.4 Å². The van der Waals surface area contributed by atoms with E-state index in [1.165, 1.54) is 0 Å². The molecule has 0 aliphatic carbocycles. The Hall–Kier alpha value is -1.55. The molecule has 0 heterocycles. The number of nitrogens with one attached hydrogen (secondary N) is 1. The SMILES string of the molecule is CCCC(=O)NC(CC(=O)O)c1cccc(Cl)c1. The van der Waals surface area contributed by atoms with Crippen molar-refractivity contribution in [1.82, 2.24) is 5.32 Å². The van der Waals surface area contributed by atoms with Crippen LogP contribution in [0.3, 0.4) is 0 Å². The van der Waals surface area contributed by atoms with Crippen LogP contribution < -0.4 is 5.32 Å². The summed E-state index contributed by atoms with van der Waals surface area (Å²) in [6, 6.07) is 6.32. The first-order valence-corrected chi connectivity index (χ1v) is 6.17. The highest BCUT2D eigenvalue weighted by atomic mass is 35.5. The summed E-state index contributed by atoms with van der Waals surface area (Å²) in [6.07, 6.45) is 0.952.